The monoisotopic (exact) mass is 185 g/mol. The molecule has 1 aliphatic carbocycles. The van der Waals surface area contributed by atoms with Crippen molar-refractivity contribution in [3.63, 3.8) is 0 Å². The van der Waals surface area contributed by atoms with E-state index >= 15 is 0 Å². The van der Waals surface area contributed by atoms with Crippen LogP contribution in [-0.2, 0) is 6.42 Å². The molecule has 2 unspecified atom stereocenters. The van der Waals surface area contributed by atoms with Crippen molar-refractivity contribution in [3.8, 4) is 0 Å². The van der Waals surface area contributed by atoms with Crippen molar-refractivity contribution >= 4 is 11.6 Å². The van der Waals surface area contributed by atoms with Gasteiger partial charge < -0.3 is 10.2 Å². The standard InChI is InChI=1S/C9H12ClNO/c1-5-2-8-6(7(5)4-11)3-9(10)12-8/h3,5,7H,2,4,11H2,1H3. The van der Waals surface area contributed by atoms with E-state index in [1.165, 1.54) is 5.56 Å². The summed E-state index contributed by atoms with van der Waals surface area (Å²) in [4.78, 5) is 0. The second-order valence-corrected chi connectivity index (χ2v) is 3.83. The molecule has 0 amide bonds. The predicted octanol–water partition coefficient (Wildman–Crippen LogP) is 2.17. The van der Waals surface area contributed by atoms with Crippen molar-refractivity contribution in [2.45, 2.75) is 19.3 Å². The molecule has 2 nitrogen and oxygen atoms in total. The summed E-state index contributed by atoms with van der Waals surface area (Å²) in [6.07, 6.45) is 0.976. The maximum atomic E-state index is 5.74. The van der Waals surface area contributed by atoms with Crippen molar-refractivity contribution in [1.29, 1.82) is 0 Å². The van der Waals surface area contributed by atoms with Gasteiger partial charge in [0, 0.05) is 12.3 Å². The van der Waals surface area contributed by atoms with Crippen molar-refractivity contribution in [1.82, 2.24) is 0 Å². The van der Waals surface area contributed by atoms with E-state index in [-0.39, 0.29) is 0 Å². The van der Waals surface area contributed by atoms with E-state index in [2.05, 4.69) is 6.92 Å². The third kappa shape index (κ3) is 1.06. The molecule has 1 aromatic heterocycles. The van der Waals surface area contributed by atoms with E-state index in [4.69, 9.17) is 21.8 Å². The van der Waals surface area contributed by atoms with Gasteiger partial charge in [0.2, 0.25) is 0 Å². The van der Waals surface area contributed by atoms with E-state index < -0.39 is 0 Å². The smallest absolute Gasteiger partial charge is 0.193 e. The van der Waals surface area contributed by atoms with Crippen LogP contribution in [0.2, 0.25) is 5.22 Å². The van der Waals surface area contributed by atoms with Crippen molar-refractivity contribution in [2.75, 3.05) is 6.54 Å². The van der Waals surface area contributed by atoms with Gasteiger partial charge in [-0.25, -0.2) is 0 Å². The van der Waals surface area contributed by atoms with Crippen LogP contribution in [-0.4, -0.2) is 6.54 Å². The third-order valence-electron chi connectivity index (χ3n) is 2.66. The normalized spacial score (nSPS) is 27.6. The molecule has 0 saturated heterocycles. The van der Waals surface area contributed by atoms with Gasteiger partial charge in [-0.15, -0.1) is 0 Å². The van der Waals surface area contributed by atoms with Crippen LogP contribution in [0.3, 0.4) is 0 Å². The Kier molecular flexibility index (Phi) is 1.89. The van der Waals surface area contributed by atoms with E-state index in [0.29, 0.717) is 23.6 Å². The number of hydrogen-bond acceptors (Lipinski definition) is 2. The lowest BCUT2D eigenvalue weighted by atomic mass is 9.95. The van der Waals surface area contributed by atoms with E-state index in [9.17, 15) is 0 Å². The summed E-state index contributed by atoms with van der Waals surface area (Å²) in [6, 6.07) is 1.90. The molecule has 2 N–H and O–H groups in total. The van der Waals surface area contributed by atoms with Gasteiger partial charge in [0.25, 0.3) is 0 Å². The molecular formula is C9H12ClNO. The Labute approximate surface area is 76.7 Å². The van der Waals surface area contributed by atoms with Gasteiger partial charge in [0.15, 0.2) is 5.22 Å². The lowest BCUT2D eigenvalue weighted by molar-refractivity contribution is 0.460. The highest BCUT2D eigenvalue weighted by Crippen LogP contribution is 2.39. The number of furan rings is 1. The fourth-order valence-electron chi connectivity index (χ4n) is 1.98. The van der Waals surface area contributed by atoms with Crippen LogP contribution >= 0.6 is 11.6 Å². The van der Waals surface area contributed by atoms with Gasteiger partial charge in [-0.1, -0.05) is 6.92 Å². The average molecular weight is 186 g/mol. The lowest BCUT2D eigenvalue weighted by Crippen LogP contribution is -2.15. The molecule has 0 aliphatic heterocycles. The maximum Gasteiger partial charge on any atom is 0.193 e. The maximum absolute atomic E-state index is 5.74. The fraction of sp³-hybridized carbons (Fsp3) is 0.556. The van der Waals surface area contributed by atoms with E-state index in [0.717, 1.165) is 12.2 Å². The predicted molar refractivity (Wildman–Crippen MR) is 48.4 cm³/mol. The summed E-state index contributed by atoms with van der Waals surface area (Å²) in [6.45, 7) is 2.88. The average Bonchev–Trinajstić information content (AvgIpc) is 2.43. The minimum absolute atomic E-state index is 0.441. The Morgan fingerprint density at radius 3 is 3.17 bits per heavy atom. The molecule has 0 aromatic carbocycles. The molecule has 2 rings (SSSR count). The minimum atomic E-state index is 0.441. The summed E-state index contributed by atoms with van der Waals surface area (Å²) < 4.78 is 5.34. The van der Waals surface area contributed by atoms with E-state index in [1.54, 1.807) is 0 Å². The summed E-state index contributed by atoms with van der Waals surface area (Å²) in [5.41, 5.74) is 6.88. The minimum Gasteiger partial charge on any atom is -0.449 e. The van der Waals surface area contributed by atoms with Crippen molar-refractivity contribution in [3.05, 3.63) is 22.6 Å². The first kappa shape index (κ1) is 8.14. The van der Waals surface area contributed by atoms with Gasteiger partial charge in [-0.2, -0.15) is 0 Å². The molecule has 2 atom stereocenters. The Balaban J connectivity index is 2.38. The van der Waals surface area contributed by atoms with Gasteiger partial charge in [0.05, 0.1) is 0 Å². The molecule has 0 spiro atoms. The third-order valence-corrected chi connectivity index (χ3v) is 2.85. The summed E-state index contributed by atoms with van der Waals surface area (Å²) in [7, 11) is 0. The SMILES string of the molecule is CC1Cc2oc(Cl)cc2C1CN. The Morgan fingerprint density at radius 1 is 1.75 bits per heavy atom. The number of halogens is 1. The molecule has 12 heavy (non-hydrogen) atoms. The second-order valence-electron chi connectivity index (χ2n) is 3.45. The van der Waals surface area contributed by atoms with Crippen LogP contribution in [0.5, 0.6) is 0 Å². The highest BCUT2D eigenvalue weighted by atomic mass is 35.5. The highest BCUT2D eigenvalue weighted by molar-refractivity contribution is 6.28. The first-order valence-corrected chi connectivity index (χ1v) is 4.58. The zero-order valence-corrected chi connectivity index (χ0v) is 7.77. The van der Waals surface area contributed by atoms with Gasteiger partial charge >= 0.3 is 0 Å². The quantitative estimate of drug-likeness (QED) is 0.729. The summed E-state index contributed by atoms with van der Waals surface area (Å²) >= 11 is 5.74. The fourth-order valence-corrected chi connectivity index (χ4v) is 2.19. The van der Waals surface area contributed by atoms with Crippen molar-refractivity contribution < 1.29 is 4.42 Å². The number of hydrogen-bond donors (Lipinski definition) is 1. The Bertz CT molecular complexity index is 295. The van der Waals surface area contributed by atoms with Gasteiger partial charge in [-0.05, 0) is 35.7 Å². The number of fused-ring (bicyclic) bond motifs is 1. The van der Waals surface area contributed by atoms with E-state index in [1.807, 2.05) is 6.07 Å². The van der Waals surface area contributed by atoms with Crippen LogP contribution in [0.25, 0.3) is 0 Å². The molecule has 66 valence electrons. The summed E-state index contributed by atoms with van der Waals surface area (Å²) in [5.74, 6) is 2.07. The number of nitrogens with two attached hydrogens (primary N) is 1. The summed E-state index contributed by atoms with van der Waals surface area (Å²) in [5, 5.41) is 0.491. The van der Waals surface area contributed by atoms with Crippen LogP contribution in [0.1, 0.15) is 24.2 Å². The molecule has 0 bridgehead atoms. The molecular weight excluding hydrogens is 174 g/mol. The number of rotatable bonds is 1. The zero-order valence-electron chi connectivity index (χ0n) is 7.01. The molecule has 3 heteroatoms. The zero-order chi connectivity index (χ0) is 8.72. The first-order valence-electron chi connectivity index (χ1n) is 4.20. The van der Waals surface area contributed by atoms with Crippen LogP contribution in [0, 0.1) is 5.92 Å². The molecule has 0 radical (unpaired) electrons. The highest BCUT2D eigenvalue weighted by Gasteiger charge is 2.31. The molecule has 1 aromatic rings. The van der Waals surface area contributed by atoms with Crippen LogP contribution in [0.4, 0.5) is 0 Å². The topological polar surface area (TPSA) is 39.2 Å². The van der Waals surface area contributed by atoms with Gasteiger partial charge in [-0.3, -0.25) is 0 Å². The first-order chi connectivity index (χ1) is 5.72. The molecule has 0 fully saturated rings. The van der Waals surface area contributed by atoms with Crippen molar-refractivity contribution in [2.24, 2.45) is 11.7 Å². The second kappa shape index (κ2) is 2.79. The molecule has 1 heterocycles. The lowest BCUT2D eigenvalue weighted by Gasteiger charge is -2.11. The largest absolute Gasteiger partial charge is 0.449 e. The van der Waals surface area contributed by atoms with Crippen LogP contribution in [0.15, 0.2) is 10.5 Å². The molecule has 0 saturated carbocycles. The Hall–Kier alpha value is -0.470. The van der Waals surface area contributed by atoms with Gasteiger partial charge in [0.1, 0.15) is 5.76 Å². The Morgan fingerprint density at radius 2 is 2.50 bits per heavy atom. The van der Waals surface area contributed by atoms with Crippen LogP contribution < -0.4 is 5.73 Å². The molecule has 1 aliphatic rings.